The maximum absolute atomic E-state index is 12.3. The number of nitrogens with zero attached hydrogens (tertiary/aromatic N) is 2. The largest absolute Gasteiger partial charge is 0.507 e. The molecule has 178 valence electrons. The van der Waals surface area contributed by atoms with Crippen molar-refractivity contribution in [3.63, 3.8) is 0 Å². The number of hydrogen-bond acceptors (Lipinski definition) is 7. The lowest BCUT2D eigenvalue weighted by molar-refractivity contribution is -0.118. The molecule has 3 aromatic carbocycles. The van der Waals surface area contributed by atoms with Crippen LogP contribution in [0.4, 0.5) is 5.69 Å². The zero-order valence-electron chi connectivity index (χ0n) is 19.3. The highest BCUT2D eigenvalue weighted by atomic mass is 16.5. The van der Waals surface area contributed by atoms with Gasteiger partial charge in [0.2, 0.25) is 0 Å². The van der Waals surface area contributed by atoms with E-state index in [4.69, 9.17) is 15.3 Å². The first-order chi connectivity index (χ1) is 16.9. The van der Waals surface area contributed by atoms with Gasteiger partial charge in [-0.2, -0.15) is 10.2 Å². The molecule has 0 atom stereocenters. The van der Waals surface area contributed by atoms with Gasteiger partial charge in [0.1, 0.15) is 22.9 Å². The molecule has 35 heavy (non-hydrogen) atoms. The van der Waals surface area contributed by atoms with E-state index in [9.17, 15) is 9.90 Å². The molecule has 4 rings (SSSR count). The molecule has 9 nitrogen and oxygen atoms in total. The summed E-state index contributed by atoms with van der Waals surface area (Å²) in [4.78, 5) is 12.3. The van der Waals surface area contributed by atoms with E-state index < -0.39 is 0 Å². The topological polar surface area (TPSA) is 135 Å². The molecule has 0 unspecified atom stereocenters. The second-order valence-electron chi connectivity index (χ2n) is 7.75. The fraction of sp³-hybridized carbons (Fsp3) is 0.115. The Morgan fingerprint density at radius 1 is 1.09 bits per heavy atom. The lowest BCUT2D eigenvalue weighted by Gasteiger charge is -2.11. The Morgan fingerprint density at radius 3 is 2.63 bits per heavy atom. The highest BCUT2D eigenvalue weighted by molar-refractivity contribution is 6.00. The third-order valence-corrected chi connectivity index (χ3v) is 5.21. The summed E-state index contributed by atoms with van der Waals surface area (Å²) in [5.74, 6) is 6.40. The minimum atomic E-state index is -0.352. The van der Waals surface area contributed by atoms with Gasteiger partial charge in [-0.1, -0.05) is 30.3 Å². The number of nitrogens with one attached hydrogen (secondary N) is 2. The van der Waals surface area contributed by atoms with E-state index in [0.29, 0.717) is 39.9 Å². The fourth-order valence-electron chi connectivity index (χ4n) is 3.38. The molecule has 0 saturated carbocycles. The number of carbonyl (C=O) groups excluding carboxylic acids is 1. The third-order valence-electron chi connectivity index (χ3n) is 5.21. The number of ether oxygens (including phenoxy) is 2. The Labute approximate surface area is 202 Å². The van der Waals surface area contributed by atoms with E-state index in [-0.39, 0.29) is 18.3 Å². The summed E-state index contributed by atoms with van der Waals surface area (Å²) in [5.41, 5.74) is 3.69. The van der Waals surface area contributed by atoms with E-state index >= 15 is 0 Å². The number of benzene rings is 3. The summed E-state index contributed by atoms with van der Waals surface area (Å²) >= 11 is 0. The molecule has 1 heterocycles. The van der Waals surface area contributed by atoms with Crippen LogP contribution in [-0.2, 0) is 4.79 Å². The van der Waals surface area contributed by atoms with Gasteiger partial charge in [-0.3, -0.25) is 9.89 Å². The van der Waals surface area contributed by atoms with Gasteiger partial charge in [0.25, 0.3) is 5.91 Å². The van der Waals surface area contributed by atoms with Crippen molar-refractivity contribution in [2.75, 3.05) is 11.9 Å². The zero-order chi connectivity index (χ0) is 24.8. The molecule has 5 N–H and O–H groups in total. The van der Waals surface area contributed by atoms with Crippen molar-refractivity contribution in [2.24, 2.45) is 10.9 Å². The van der Waals surface area contributed by atoms with Crippen molar-refractivity contribution in [3.05, 3.63) is 84.1 Å². The van der Waals surface area contributed by atoms with Gasteiger partial charge in [-0.05, 0) is 55.8 Å². The molecule has 0 aliphatic carbocycles. The monoisotopic (exact) mass is 471 g/mol. The van der Waals surface area contributed by atoms with Gasteiger partial charge in [0, 0.05) is 17.3 Å². The number of aromatic amines is 1. The van der Waals surface area contributed by atoms with Crippen LogP contribution in [0.1, 0.15) is 18.2 Å². The van der Waals surface area contributed by atoms with Crippen LogP contribution in [0.15, 0.2) is 77.9 Å². The van der Waals surface area contributed by atoms with Gasteiger partial charge in [0.05, 0.1) is 11.4 Å². The van der Waals surface area contributed by atoms with E-state index in [1.54, 1.807) is 37.3 Å². The first kappa shape index (κ1) is 23.4. The molecule has 0 aliphatic rings. The summed E-state index contributed by atoms with van der Waals surface area (Å²) in [7, 11) is 0. The number of hydrazone groups is 1. The number of carbonyl (C=O) groups is 1. The number of H-pyrrole nitrogens is 1. The van der Waals surface area contributed by atoms with E-state index in [1.165, 1.54) is 6.07 Å². The maximum atomic E-state index is 12.3. The first-order valence-electron chi connectivity index (χ1n) is 10.8. The Balaban J connectivity index is 1.43. The minimum absolute atomic E-state index is 0.0587. The average Bonchev–Trinajstić information content (AvgIpc) is 3.22. The smallest absolute Gasteiger partial charge is 0.262 e. The Bertz CT molecular complexity index is 1370. The van der Waals surface area contributed by atoms with Crippen molar-refractivity contribution < 1.29 is 19.4 Å². The predicted molar refractivity (Wildman–Crippen MR) is 134 cm³/mol. The summed E-state index contributed by atoms with van der Waals surface area (Å²) in [5, 5.41) is 24.2. The van der Waals surface area contributed by atoms with Crippen molar-refractivity contribution in [1.29, 1.82) is 0 Å². The number of rotatable bonds is 8. The molecular formula is C26H25N5O4. The van der Waals surface area contributed by atoms with E-state index in [2.05, 4.69) is 20.6 Å². The molecule has 9 heteroatoms. The summed E-state index contributed by atoms with van der Waals surface area (Å²) in [6.07, 6.45) is 0. The van der Waals surface area contributed by atoms with Crippen LogP contribution in [0, 0.1) is 6.92 Å². The molecule has 0 saturated heterocycles. The molecule has 0 spiro atoms. The average molecular weight is 472 g/mol. The molecule has 0 radical (unpaired) electrons. The lowest BCUT2D eigenvalue weighted by atomic mass is 10.1. The van der Waals surface area contributed by atoms with Crippen molar-refractivity contribution in [2.45, 2.75) is 13.8 Å². The number of nitrogens with two attached hydrogens (primary N) is 1. The van der Waals surface area contributed by atoms with Crippen LogP contribution in [0.25, 0.3) is 11.3 Å². The van der Waals surface area contributed by atoms with E-state index in [0.717, 1.165) is 11.3 Å². The number of aromatic hydroxyl groups is 1. The summed E-state index contributed by atoms with van der Waals surface area (Å²) < 4.78 is 11.5. The van der Waals surface area contributed by atoms with Gasteiger partial charge < -0.3 is 25.7 Å². The molecule has 0 aliphatic heterocycles. The van der Waals surface area contributed by atoms with Crippen molar-refractivity contribution >= 4 is 17.3 Å². The van der Waals surface area contributed by atoms with Gasteiger partial charge >= 0.3 is 0 Å². The van der Waals surface area contributed by atoms with Crippen molar-refractivity contribution in [1.82, 2.24) is 10.2 Å². The summed E-state index contributed by atoms with van der Waals surface area (Å²) in [6, 6.07) is 21.2. The van der Waals surface area contributed by atoms with Crippen LogP contribution in [0.3, 0.4) is 0 Å². The number of phenols is 1. The number of anilines is 1. The van der Waals surface area contributed by atoms with Crippen LogP contribution in [-0.4, -0.2) is 33.5 Å². The van der Waals surface area contributed by atoms with Gasteiger partial charge in [-0.25, -0.2) is 0 Å². The van der Waals surface area contributed by atoms with Crippen molar-refractivity contribution in [3.8, 4) is 34.3 Å². The number of para-hydroxylation sites is 1. The first-order valence-corrected chi connectivity index (χ1v) is 10.8. The normalized spacial score (nSPS) is 11.2. The third kappa shape index (κ3) is 5.59. The Hall–Kier alpha value is -4.79. The second kappa shape index (κ2) is 10.4. The lowest BCUT2D eigenvalue weighted by Crippen LogP contribution is -2.20. The molecule has 0 fully saturated rings. The molecule has 0 bridgehead atoms. The maximum Gasteiger partial charge on any atom is 0.262 e. The number of amides is 1. The highest BCUT2D eigenvalue weighted by Gasteiger charge is 2.18. The quantitative estimate of drug-likeness (QED) is 0.169. The number of hydrogen-bond donors (Lipinski definition) is 4. The zero-order valence-corrected chi connectivity index (χ0v) is 19.3. The van der Waals surface area contributed by atoms with Gasteiger partial charge in [0.15, 0.2) is 12.4 Å². The Morgan fingerprint density at radius 2 is 1.89 bits per heavy atom. The highest BCUT2D eigenvalue weighted by Crippen LogP contribution is 2.39. The number of phenolic OH excluding ortho intramolecular Hbond substituents is 1. The molecular weight excluding hydrogens is 446 g/mol. The number of aromatic nitrogens is 2. The predicted octanol–water partition coefficient (Wildman–Crippen LogP) is 4.58. The minimum Gasteiger partial charge on any atom is -0.507 e. The summed E-state index contributed by atoms with van der Waals surface area (Å²) in [6.45, 7) is 3.37. The molecule has 4 aromatic rings. The molecule has 1 amide bonds. The molecule has 1 aromatic heterocycles. The SMILES string of the molecule is C/C(=N/N)c1cccc(NC(=O)COc2ccc(-c3n[nH]c(C)c3Oc3ccccc3)c(O)c2)c1. The second-order valence-corrected chi connectivity index (χ2v) is 7.75. The van der Waals surface area contributed by atoms with Crippen LogP contribution < -0.4 is 20.6 Å². The van der Waals surface area contributed by atoms with E-state index in [1.807, 2.05) is 43.3 Å². The van der Waals surface area contributed by atoms with Crippen LogP contribution in [0.5, 0.6) is 23.0 Å². The van der Waals surface area contributed by atoms with Gasteiger partial charge in [-0.15, -0.1) is 0 Å². The standard InChI is InChI=1S/C26H25N5O4/c1-16(29-27)18-7-6-8-19(13-18)28-24(33)15-34-21-11-12-22(23(32)14-21)25-26(17(2)30-31-25)35-20-9-4-3-5-10-20/h3-14,32H,15,27H2,1-2H3,(H,28,33)(H,30,31)/b29-16-. The Kier molecular flexibility index (Phi) is 6.96. The van der Waals surface area contributed by atoms with Crippen LogP contribution in [0.2, 0.25) is 0 Å². The fourth-order valence-corrected chi connectivity index (χ4v) is 3.38. The number of aryl methyl sites for hydroxylation is 1. The van der Waals surface area contributed by atoms with Crippen LogP contribution >= 0.6 is 0 Å².